The van der Waals surface area contributed by atoms with Crippen molar-refractivity contribution >= 4 is 11.6 Å². The second-order valence-electron chi connectivity index (χ2n) is 4.53. The van der Waals surface area contributed by atoms with Crippen LogP contribution in [0.4, 0.5) is 5.82 Å². The molecule has 0 fully saturated rings. The lowest BCUT2D eigenvalue weighted by Crippen LogP contribution is -2.09. The van der Waals surface area contributed by atoms with Crippen molar-refractivity contribution in [2.45, 2.75) is 6.54 Å². The van der Waals surface area contributed by atoms with E-state index in [0.717, 1.165) is 5.56 Å². The molecule has 0 atom stereocenters. The van der Waals surface area contributed by atoms with E-state index in [4.69, 9.17) is 5.73 Å². The largest absolute Gasteiger partial charge is 0.383 e. The van der Waals surface area contributed by atoms with Crippen molar-refractivity contribution in [3.8, 4) is 0 Å². The van der Waals surface area contributed by atoms with Crippen LogP contribution in [0, 0.1) is 0 Å². The lowest BCUT2D eigenvalue weighted by molar-refractivity contribution is 0.103. The molecule has 0 aliphatic rings. The monoisotopic (exact) mass is 279 g/mol. The Morgan fingerprint density at radius 3 is 2.76 bits per heavy atom. The van der Waals surface area contributed by atoms with Crippen LogP contribution >= 0.6 is 0 Å². The van der Waals surface area contributed by atoms with Crippen LogP contribution in [0.15, 0.2) is 55.1 Å². The average Bonchev–Trinajstić information content (AvgIpc) is 2.97. The Morgan fingerprint density at radius 1 is 1.19 bits per heavy atom. The molecule has 0 aliphatic carbocycles. The molecule has 104 valence electrons. The number of ketones is 1. The SMILES string of the molecule is Nc1ncncc1C(=O)c1ccn(Cc2ccccc2)n1. The van der Waals surface area contributed by atoms with Gasteiger partial charge in [0.1, 0.15) is 17.8 Å². The molecule has 1 aromatic carbocycles. The van der Waals surface area contributed by atoms with Crippen molar-refractivity contribution in [1.82, 2.24) is 19.7 Å². The van der Waals surface area contributed by atoms with Crippen LogP contribution in [-0.4, -0.2) is 25.5 Å². The molecule has 2 N–H and O–H groups in total. The Balaban J connectivity index is 1.82. The number of rotatable bonds is 4. The third-order valence-corrected chi connectivity index (χ3v) is 3.05. The first-order chi connectivity index (χ1) is 10.2. The highest BCUT2D eigenvalue weighted by Gasteiger charge is 2.16. The van der Waals surface area contributed by atoms with Gasteiger partial charge in [0.25, 0.3) is 0 Å². The predicted octanol–water partition coefficient (Wildman–Crippen LogP) is 1.53. The zero-order valence-electron chi connectivity index (χ0n) is 11.2. The van der Waals surface area contributed by atoms with E-state index in [0.29, 0.717) is 12.2 Å². The van der Waals surface area contributed by atoms with Gasteiger partial charge >= 0.3 is 0 Å². The molecule has 0 amide bonds. The summed E-state index contributed by atoms with van der Waals surface area (Å²) in [5, 5.41) is 4.28. The predicted molar refractivity (Wildman–Crippen MR) is 77.6 cm³/mol. The Morgan fingerprint density at radius 2 is 2.00 bits per heavy atom. The zero-order chi connectivity index (χ0) is 14.7. The van der Waals surface area contributed by atoms with Gasteiger partial charge in [-0.25, -0.2) is 9.97 Å². The smallest absolute Gasteiger partial charge is 0.218 e. The molecule has 0 radical (unpaired) electrons. The molecule has 0 saturated carbocycles. The summed E-state index contributed by atoms with van der Waals surface area (Å²) in [6, 6.07) is 11.6. The molecular formula is C15H13N5O. The van der Waals surface area contributed by atoms with Gasteiger partial charge in [-0.3, -0.25) is 9.48 Å². The van der Waals surface area contributed by atoms with Gasteiger partial charge in [-0.05, 0) is 11.6 Å². The molecule has 3 aromatic rings. The Kier molecular flexibility index (Phi) is 3.42. The first kappa shape index (κ1) is 13.0. The first-order valence-corrected chi connectivity index (χ1v) is 6.41. The van der Waals surface area contributed by atoms with E-state index in [1.807, 2.05) is 30.3 Å². The van der Waals surface area contributed by atoms with Gasteiger partial charge in [0.15, 0.2) is 0 Å². The number of carbonyl (C=O) groups excluding carboxylic acids is 1. The van der Waals surface area contributed by atoms with Crippen LogP contribution < -0.4 is 5.73 Å². The molecule has 21 heavy (non-hydrogen) atoms. The van der Waals surface area contributed by atoms with Crippen LogP contribution in [0.1, 0.15) is 21.6 Å². The minimum atomic E-state index is -0.278. The fourth-order valence-corrected chi connectivity index (χ4v) is 1.99. The van der Waals surface area contributed by atoms with E-state index >= 15 is 0 Å². The molecule has 6 nitrogen and oxygen atoms in total. The van der Waals surface area contributed by atoms with Gasteiger partial charge < -0.3 is 5.73 Å². The molecule has 0 spiro atoms. The highest BCUT2D eigenvalue weighted by atomic mass is 16.1. The highest BCUT2D eigenvalue weighted by Crippen LogP contribution is 2.12. The van der Waals surface area contributed by atoms with Crippen LogP contribution in [-0.2, 0) is 6.54 Å². The quantitative estimate of drug-likeness (QED) is 0.732. The molecule has 2 aromatic heterocycles. The number of anilines is 1. The van der Waals surface area contributed by atoms with Gasteiger partial charge in [0.05, 0.1) is 12.1 Å². The number of nitrogens with two attached hydrogens (primary N) is 1. The van der Waals surface area contributed by atoms with Crippen LogP contribution in [0.3, 0.4) is 0 Å². The van der Waals surface area contributed by atoms with Crippen LogP contribution in [0.2, 0.25) is 0 Å². The number of nitrogens with zero attached hydrogens (tertiary/aromatic N) is 4. The molecule has 0 bridgehead atoms. The van der Waals surface area contributed by atoms with Crippen molar-refractivity contribution in [1.29, 1.82) is 0 Å². The van der Waals surface area contributed by atoms with Crippen molar-refractivity contribution in [3.05, 3.63) is 71.9 Å². The Bertz CT molecular complexity index is 766. The van der Waals surface area contributed by atoms with Gasteiger partial charge in [-0.2, -0.15) is 5.10 Å². The number of hydrogen-bond acceptors (Lipinski definition) is 5. The van der Waals surface area contributed by atoms with Gasteiger partial charge in [-0.1, -0.05) is 30.3 Å². The maximum atomic E-state index is 12.3. The van der Waals surface area contributed by atoms with E-state index in [9.17, 15) is 4.79 Å². The lowest BCUT2D eigenvalue weighted by atomic mass is 10.1. The molecule has 0 aliphatic heterocycles. The molecular weight excluding hydrogens is 266 g/mol. The molecule has 2 heterocycles. The summed E-state index contributed by atoms with van der Waals surface area (Å²) in [7, 11) is 0. The van der Waals surface area contributed by atoms with Gasteiger partial charge in [0, 0.05) is 12.4 Å². The summed E-state index contributed by atoms with van der Waals surface area (Å²) in [5.41, 5.74) is 7.39. The third kappa shape index (κ3) is 2.79. The van der Waals surface area contributed by atoms with Crippen LogP contribution in [0.25, 0.3) is 0 Å². The number of hydrogen-bond donors (Lipinski definition) is 1. The maximum absolute atomic E-state index is 12.3. The first-order valence-electron chi connectivity index (χ1n) is 6.41. The van der Waals surface area contributed by atoms with E-state index < -0.39 is 0 Å². The summed E-state index contributed by atoms with van der Waals surface area (Å²) in [6.45, 7) is 0.606. The standard InChI is InChI=1S/C15H13N5O/c16-15-12(8-17-10-18-15)14(21)13-6-7-20(19-13)9-11-4-2-1-3-5-11/h1-8,10H,9H2,(H2,16,17,18). The second-order valence-corrected chi connectivity index (χ2v) is 4.53. The summed E-state index contributed by atoms with van der Waals surface area (Å²) >= 11 is 0. The zero-order valence-corrected chi connectivity index (χ0v) is 11.2. The summed E-state index contributed by atoms with van der Waals surface area (Å²) in [6.07, 6.45) is 4.47. The highest BCUT2D eigenvalue weighted by molar-refractivity contribution is 6.10. The number of carbonyl (C=O) groups is 1. The number of aromatic nitrogens is 4. The van der Waals surface area contributed by atoms with Crippen molar-refractivity contribution in [2.75, 3.05) is 5.73 Å². The normalized spacial score (nSPS) is 10.5. The van der Waals surface area contributed by atoms with Crippen molar-refractivity contribution < 1.29 is 4.79 Å². The molecule has 0 saturated heterocycles. The van der Waals surface area contributed by atoms with Crippen molar-refractivity contribution in [3.63, 3.8) is 0 Å². The third-order valence-electron chi connectivity index (χ3n) is 3.05. The topological polar surface area (TPSA) is 86.7 Å². The lowest BCUT2D eigenvalue weighted by Gasteiger charge is -2.02. The van der Waals surface area contributed by atoms with E-state index in [-0.39, 0.29) is 17.2 Å². The van der Waals surface area contributed by atoms with E-state index in [2.05, 4.69) is 15.1 Å². The molecule has 3 rings (SSSR count). The summed E-state index contributed by atoms with van der Waals surface area (Å²) in [4.78, 5) is 19.9. The van der Waals surface area contributed by atoms with Crippen LogP contribution in [0.5, 0.6) is 0 Å². The summed E-state index contributed by atoms with van der Waals surface area (Å²) in [5.74, 6) is -0.118. The fourth-order valence-electron chi connectivity index (χ4n) is 1.99. The van der Waals surface area contributed by atoms with E-state index in [1.54, 1.807) is 16.9 Å². The minimum Gasteiger partial charge on any atom is -0.383 e. The van der Waals surface area contributed by atoms with Gasteiger partial charge in [0.2, 0.25) is 5.78 Å². The average molecular weight is 279 g/mol. The minimum absolute atomic E-state index is 0.160. The Labute approximate surface area is 121 Å². The fraction of sp³-hybridized carbons (Fsp3) is 0.0667. The van der Waals surface area contributed by atoms with Gasteiger partial charge in [-0.15, -0.1) is 0 Å². The maximum Gasteiger partial charge on any atom is 0.218 e. The van der Waals surface area contributed by atoms with E-state index in [1.165, 1.54) is 12.5 Å². The molecule has 0 unspecified atom stereocenters. The number of benzene rings is 1. The molecule has 6 heteroatoms. The second kappa shape index (κ2) is 5.54. The summed E-state index contributed by atoms with van der Waals surface area (Å²) < 4.78 is 1.71. The van der Waals surface area contributed by atoms with Crippen molar-refractivity contribution in [2.24, 2.45) is 0 Å². The Hall–Kier alpha value is -3.02. The number of nitrogen functional groups attached to an aromatic ring is 1.